The second-order valence-electron chi connectivity index (χ2n) is 6.64. The largest absolute Gasteiger partial charge is 0.444 e. The summed E-state index contributed by atoms with van der Waals surface area (Å²) in [4.78, 5) is 24.3. The van der Waals surface area contributed by atoms with E-state index in [4.69, 9.17) is 21.8 Å². The van der Waals surface area contributed by atoms with Gasteiger partial charge in [-0.1, -0.05) is 11.6 Å². The summed E-state index contributed by atoms with van der Waals surface area (Å²) in [5, 5.41) is 7.27. The van der Waals surface area contributed by atoms with Gasteiger partial charge in [-0.3, -0.25) is 14.9 Å². The number of pyridine rings is 2. The molecule has 0 bridgehead atoms. The number of hydrogen-bond acceptors (Lipinski definition) is 6. The van der Waals surface area contributed by atoms with Gasteiger partial charge in [-0.2, -0.15) is 5.10 Å². The molecule has 10 heteroatoms. The SMILES string of the molecule is NC(=O)c1coc(-c2cnc3ccc(-c4cn[nH]c4-c4cc(Cl)ccc4F)nc3c2)n1. The number of nitrogens with two attached hydrogens (primary N) is 1. The van der Waals surface area contributed by atoms with Gasteiger partial charge in [-0.25, -0.2) is 14.4 Å². The van der Waals surface area contributed by atoms with Crippen LogP contribution in [-0.4, -0.2) is 31.1 Å². The van der Waals surface area contributed by atoms with Crippen LogP contribution in [0.5, 0.6) is 0 Å². The Morgan fingerprint density at radius 1 is 1.06 bits per heavy atom. The van der Waals surface area contributed by atoms with Crippen LogP contribution in [-0.2, 0) is 0 Å². The van der Waals surface area contributed by atoms with E-state index in [1.807, 2.05) is 0 Å². The van der Waals surface area contributed by atoms with Crippen molar-refractivity contribution in [3.63, 3.8) is 0 Å². The smallest absolute Gasteiger partial charge is 0.270 e. The molecule has 0 fully saturated rings. The summed E-state index contributed by atoms with van der Waals surface area (Å²) < 4.78 is 19.7. The van der Waals surface area contributed by atoms with E-state index < -0.39 is 11.7 Å². The predicted molar refractivity (Wildman–Crippen MR) is 112 cm³/mol. The van der Waals surface area contributed by atoms with E-state index in [-0.39, 0.29) is 17.1 Å². The first-order valence-electron chi connectivity index (χ1n) is 9.01. The standard InChI is InChI=1S/C21H12ClFN6O2/c22-11-1-2-14(23)12(6-11)19-13(8-26-29-19)15-3-4-16-17(27-15)5-10(7-25-16)21-28-18(9-31-21)20(24)30/h1-9H,(H2,24,30)(H,26,29). The molecule has 0 spiro atoms. The fourth-order valence-corrected chi connectivity index (χ4v) is 3.34. The Morgan fingerprint density at radius 2 is 1.94 bits per heavy atom. The lowest BCUT2D eigenvalue weighted by Gasteiger charge is -2.06. The molecule has 8 nitrogen and oxygen atoms in total. The fourth-order valence-electron chi connectivity index (χ4n) is 3.17. The number of halogens is 2. The van der Waals surface area contributed by atoms with Gasteiger partial charge in [-0.05, 0) is 36.4 Å². The lowest BCUT2D eigenvalue weighted by atomic mass is 10.0. The molecule has 0 aliphatic heterocycles. The summed E-state index contributed by atoms with van der Waals surface area (Å²) in [6.45, 7) is 0. The molecule has 4 aromatic heterocycles. The molecule has 0 aliphatic carbocycles. The van der Waals surface area contributed by atoms with Crippen LogP contribution in [0.3, 0.4) is 0 Å². The number of H-pyrrole nitrogens is 1. The minimum atomic E-state index is -0.690. The number of carbonyl (C=O) groups excluding carboxylic acids is 1. The van der Waals surface area contributed by atoms with Crippen molar-refractivity contribution in [3.8, 4) is 34.0 Å². The highest BCUT2D eigenvalue weighted by molar-refractivity contribution is 6.30. The number of nitrogens with one attached hydrogen (secondary N) is 1. The van der Waals surface area contributed by atoms with Crippen molar-refractivity contribution in [1.29, 1.82) is 0 Å². The van der Waals surface area contributed by atoms with Crippen molar-refractivity contribution in [3.05, 3.63) is 71.6 Å². The second kappa shape index (κ2) is 7.29. The molecule has 1 aromatic carbocycles. The van der Waals surface area contributed by atoms with E-state index >= 15 is 0 Å². The van der Waals surface area contributed by atoms with Crippen LogP contribution in [0.4, 0.5) is 4.39 Å². The number of oxazole rings is 1. The van der Waals surface area contributed by atoms with E-state index in [1.54, 1.807) is 30.6 Å². The lowest BCUT2D eigenvalue weighted by Crippen LogP contribution is -2.10. The van der Waals surface area contributed by atoms with Crippen molar-refractivity contribution in [2.24, 2.45) is 5.73 Å². The van der Waals surface area contributed by atoms with E-state index in [0.29, 0.717) is 38.6 Å². The molecule has 5 aromatic rings. The first-order valence-corrected chi connectivity index (χ1v) is 9.39. The summed E-state index contributed by atoms with van der Waals surface area (Å²) in [6.07, 6.45) is 4.31. The maximum Gasteiger partial charge on any atom is 0.270 e. The number of aromatic amines is 1. The Morgan fingerprint density at radius 3 is 2.74 bits per heavy atom. The number of carbonyl (C=O) groups is 1. The van der Waals surface area contributed by atoms with E-state index in [1.165, 1.54) is 24.5 Å². The Bertz CT molecular complexity index is 1460. The average Bonchev–Trinajstić information content (AvgIpc) is 3.45. The number of fused-ring (bicyclic) bond motifs is 1. The van der Waals surface area contributed by atoms with Crippen molar-refractivity contribution >= 4 is 28.5 Å². The number of aromatic nitrogens is 5. The van der Waals surface area contributed by atoms with Gasteiger partial charge < -0.3 is 10.2 Å². The molecule has 0 aliphatic rings. The van der Waals surface area contributed by atoms with Gasteiger partial charge in [-0.15, -0.1) is 0 Å². The Balaban J connectivity index is 1.60. The van der Waals surface area contributed by atoms with Gasteiger partial charge in [0.15, 0.2) is 5.69 Å². The molecule has 0 atom stereocenters. The molecular weight excluding hydrogens is 423 g/mol. The highest BCUT2D eigenvalue weighted by atomic mass is 35.5. The third kappa shape index (κ3) is 3.40. The monoisotopic (exact) mass is 434 g/mol. The number of amides is 1. The molecule has 3 N–H and O–H groups in total. The zero-order valence-electron chi connectivity index (χ0n) is 15.6. The van der Waals surface area contributed by atoms with Gasteiger partial charge in [0.1, 0.15) is 12.1 Å². The van der Waals surface area contributed by atoms with E-state index in [0.717, 1.165) is 0 Å². The van der Waals surface area contributed by atoms with Gasteiger partial charge in [0.05, 0.1) is 34.2 Å². The fraction of sp³-hybridized carbons (Fsp3) is 0. The highest BCUT2D eigenvalue weighted by Crippen LogP contribution is 2.33. The quantitative estimate of drug-likeness (QED) is 0.436. The van der Waals surface area contributed by atoms with Crippen LogP contribution >= 0.6 is 11.6 Å². The Labute approximate surface area is 178 Å². The van der Waals surface area contributed by atoms with Gasteiger partial charge in [0, 0.05) is 22.3 Å². The third-order valence-electron chi connectivity index (χ3n) is 4.65. The molecule has 152 valence electrons. The Kier molecular flexibility index (Phi) is 4.45. The first-order chi connectivity index (χ1) is 15.0. The summed E-state index contributed by atoms with van der Waals surface area (Å²) in [5.41, 5.74) is 8.83. The number of hydrogen-bond donors (Lipinski definition) is 2. The van der Waals surface area contributed by atoms with Crippen LogP contribution in [0, 0.1) is 5.82 Å². The van der Waals surface area contributed by atoms with Crippen LogP contribution in [0.2, 0.25) is 5.02 Å². The van der Waals surface area contributed by atoms with Crippen molar-refractivity contribution in [1.82, 2.24) is 25.1 Å². The van der Waals surface area contributed by atoms with E-state index in [9.17, 15) is 9.18 Å². The number of benzene rings is 1. The number of nitrogens with zero attached hydrogens (tertiary/aromatic N) is 4. The van der Waals surface area contributed by atoms with Gasteiger partial charge >= 0.3 is 0 Å². The summed E-state index contributed by atoms with van der Waals surface area (Å²) in [6, 6.07) is 9.57. The molecule has 1 amide bonds. The molecular formula is C21H12ClFN6O2. The number of primary amides is 1. The van der Waals surface area contributed by atoms with Crippen molar-refractivity contribution in [2.45, 2.75) is 0 Å². The zero-order chi connectivity index (χ0) is 21.5. The summed E-state index contributed by atoms with van der Waals surface area (Å²) >= 11 is 6.04. The van der Waals surface area contributed by atoms with E-state index in [2.05, 4.69) is 25.1 Å². The lowest BCUT2D eigenvalue weighted by molar-refractivity contribution is 0.0995. The normalized spacial score (nSPS) is 11.2. The molecule has 0 unspecified atom stereocenters. The topological polar surface area (TPSA) is 124 Å². The maximum atomic E-state index is 14.4. The van der Waals surface area contributed by atoms with Crippen molar-refractivity contribution in [2.75, 3.05) is 0 Å². The van der Waals surface area contributed by atoms with Crippen LogP contribution < -0.4 is 5.73 Å². The molecule has 0 saturated carbocycles. The first kappa shape index (κ1) is 18.9. The van der Waals surface area contributed by atoms with Crippen LogP contribution in [0.1, 0.15) is 10.5 Å². The average molecular weight is 435 g/mol. The van der Waals surface area contributed by atoms with Gasteiger partial charge in [0.25, 0.3) is 5.91 Å². The minimum absolute atomic E-state index is 0.0170. The van der Waals surface area contributed by atoms with Crippen LogP contribution in [0.15, 0.2) is 59.5 Å². The molecule has 0 saturated heterocycles. The summed E-state index contributed by atoms with van der Waals surface area (Å²) in [5.74, 6) is -0.931. The molecule has 0 radical (unpaired) electrons. The van der Waals surface area contributed by atoms with Crippen molar-refractivity contribution < 1.29 is 13.6 Å². The van der Waals surface area contributed by atoms with Crippen LogP contribution in [0.25, 0.3) is 45.0 Å². The predicted octanol–water partition coefficient (Wildman–Crippen LogP) is 4.23. The minimum Gasteiger partial charge on any atom is -0.444 e. The number of rotatable bonds is 4. The molecule has 4 heterocycles. The third-order valence-corrected chi connectivity index (χ3v) is 4.89. The van der Waals surface area contributed by atoms with Gasteiger partial charge in [0.2, 0.25) is 5.89 Å². The molecule has 5 rings (SSSR count). The molecule has 31 heavy (non-hydrogen) atoms. The second-order valence-corrected chi connectivity index (χ2v) is 7.08. The highest BCUT2D eigenvalue weighted by Gasteiger charge is 2.17. The maximum absolute atomic E-state index is 14.4. The Hall–Kier alpha value is -4.11. The zero-order valence-corrected chi connectivity index (χ0v) is 16.4. The summed E-state index contributed by atoms with van der Waals surface area (Å²) in [7, 11) is 0.